The molecule has 3 rings (SSSR count). The van der Waals surface area contributed by atoms with Crippen LogP contribution in [0.15, 0.2) is 29.2 Å². The van der Waals surface area contributed by atoms with Crippen LogP contribution < -0.4 is 0 Å². The molecule has 1 aliphatic heterocycles. The fourth-order valence-electron chi connectivity index (χ4n) is 2.83. The van der Waals surface area contributed by atoms with Crippen molar-refractivity contribution in [3.05, 3.63) is 29.8 Å². The van der Waals surface area contributed by atoms with Gasteiger partial charge in [-0.15, -0.1) is 11.8 Å². The second-order valence-electron chi connectivity index (χ2n) is 5.56. The van der Waals surface area contributed by atoms with Crippen molar-refractivity contribution in [2.45, 2.75) is 36.6 Å². The highest BCUT2D eigenvalue weighted by molar-refractivity contribution is 7.99. The zero-order valence-electron chi connectivity index (χ0n) is 10.7. The van der Waals surface area contributed by atoms with Gasteiger partial charge in [-0.2, -0.15) is 0 Å². The maximum Gasteiger partial charge on any atom is 0.0108 e. The molecule has 0 aromatic heterocycles. The first-order valence-corrected chi connectivity index (χ1v) is 7.66. The van der Waals surface area contributed by atoms with Crippen LogP contribution >= 0.6 is 11.8 Å². The van der Waals surface area contributed by atoms with Gasteiger partial charge in [-0.25, -0.2) is 0 Å². The van der Waals surface area contributed by atoms with Gasteiger partial charge < -0.3 is 4.90 Å². The Morgan fingerprint density at radius 3 is 2.88 bits per heavy atom. The molecule has 0 spiro atoms. The summed E-state index contributed by atoms with van der Waals surface area (Å²) >= 11 is 2.03. The molecule has 2 heteroatoms. The monoisotopic (exact) mass is 247 g/mol. The van der Waals surface area contributed by atoms with E-state index < -0.39 is 0 Å². The lowest BCUT2D eigenvalue weighted by molar-refractivity contribution is 0.225. The average molecular weight is 247 g/mol. The summed E-state index contributed by atoms with van der Waals surface area (Å²) < 4.78 is 0. The van der Waals surface area contributed by atoms with E-state index in [1.54, 1.807) is 5.56 Å². The lowest BCUT2D eigenvalue weighted by Gasteiger charge is -2.27. The van der Waals surface area contributed by atoms with Crippen molar-refractivity contribution in [3.63, 3.8) is 0 Å². The Kier molecular flexibility index (Phi) is 3.18. The van der Waals surface area contributed by atoms with Crippen LogP contribution in [0.25, 0.3) is 0 Å². The van der Waals surface area contributed by atoms with Crippen molar-refractivity contribution in [2.24, 2.45) is 5.92 Å². The Hall–Kier alpha value is -0.470. The third kappa shape index (κ3) is 2.38. The van der Waals surface area contributed by atoms with Crippen LogP contribution in [0.5, 0.6) is 0 Å². The van der Waals surface area contributed by atoms with E-state index in [-0.39, 0.29) is 0 Å². The summed E-state index contributed by atoms with van der Waals surface area (Å²) in [6, 6.07) is 9.69. The Bertz CT molecular complexity index is 400. The summed E-state index contributed by atoms with van der Waals surface area (Å²) in [6.45, 7) is 3.62. The summed E-state index contributed by atoms with van der Waals surface area (Å²) in [7, 11) is 2.30. The molecule has 92 valence electrons. The van der Waals surface area contributed by atoms with Crippen molar-refractivity contribution in [2.75, 3.05) is 19.3 Å². The fraction of sp³-hybridized carbons (Fsp3) is 0.600. The fourth-order valence-corrected chi connectivity index (χ4v) is 4.07. The van der Waals surface area contributed by atoms with Crippen molar-refractivity contribution in [3.8, 4) is 0 Å². The number of likely N-dealkylation sites (N-methyl/N-ethyl adjacent to an activating group) is 1. The minimum absolute atomic E-state index is 0.738. The van der Waals surface area contributed by atoms with Crippen molar-refractivity contribution in [1.82, 2.24) is 4.90 Å². The maximum atomic E-state index is 2.57. The molecule has 1 aromatic carbocycles. The number of hydrogen-bond acceptors (Lipinski definition) is 2. The summed E-state index contributed by atoms with van der Waals surface area (Å²) in [5.74, 6) is 2.98. The van der Waals surface area contributed by atoms with E-state index >= 15 is 0 Å². The van der Waals surface area contributed by atoms with E-state index in [0.717, 1.165) is 17.9 Å². The van der Waals surface area contributed by atoms with Crippen LogP contribution in [-0.2, 0) is 0 Å². The van der Waals surface area contributed by atoms with Crippen LogP contribution in [0.2, 0.25) is 0 Å². The number of rotatable bonds is 4. The maximum absolute atomic E-state index is 2.57. The van der Waals surface area contributed by atoms with Crippen molar-refractivity contribution < 1.29 is 0 Å². The summed E-state index contributed by atoms with van der Waals surface area (Å²) in [4.78, 5) is 4.08. The molecule has 1 saturated carbocycles. The average Bonchev–Trinajstić information content (AvgIpc) is 3.12. The van der Waals surface area contributed by atoms with E-state index in [2.05, 4.69) is 43.1 Å². The summed E-state index contributed by atoms with van der Waals surface area (Å²) in [5, 5.41) is 0. The van der Waals surface area contributed by atoms with Crippen LogP contribution in [0.3, 0.4) is 0 Å². The predicted molar refractivity (Wildman–Crippen MR) is 74.7 cm³/mol. The lowest BCUT2D eigenvalue weighted by Crippen LogP contribution is -2.34. The number of nitrogens with zero attached hydrogens (tertiary/aromatic N) is 1. The van der Waals surface area contributed by atoms with Gasteiger partial charge in [0.2, 0.25) is 0 Å². The topological polar surface area (TPSA) is 3.24 Å². The molecular formula is C15H21NS. The molecule has 0 bridgehead atoms. The highest BCUT2D eigenvalue weighted by Gasteiger charge is 2.32. The van der Waals surface area contributed by atoms with Gasteiger partial charge in [0.25, 0.3) is 0 Å². The van der Waals surface area contributed by atoms with E-state index in [1.807, 2.05) is 11.8 Å². The molecule has 1 nitrogen and oxygen atoms in total. The largest absolute Gasteiger partial charge is 0.303 e. The predicted octanol–water partition coefficient (Wildman–Crippen LogP) is 3.61. The zero-order valence-corrected chi connectivity index (χ0v) is 11.5. The SMILES string of the molecule is CC(C1CC1)N(C)CC1CSc2ccccc21. The van der Waals surface area contributed by atoms with Gasteiger partial charge in [-0.05, 0) is 44.4 Å². The molecule has 1 aromatic rings. The zero-order chi connectivity index (χ0) is 11.8. The minimum Gasteiger partial charge on any atom is -0.303 e. The van der Waals surface area contributed by atoms with Crippen molar-refractivity contribution >= 4 is 11.8 Å². The molecule has 17 heavy (non-hydrogen) atoms. The van der Waals surface area contributed by atoms with Gasteiger partial charge in [0, 0.05) is 29.2 Å². The van der Waals surface area contributed by atoms with Gasteiger partial charge in [0.15, 0.2) is 0 Å². The molecule has 1 heterocycles. The summed E-state index contributed by atoms with van der Waals surface area (Å²) in [6.07, 6.45) is 2.89. The van der Waals surface area contributed by atoms with E-state index in [4.69, 9.17) is 0 Å². The third-order valence-electron chi connectivity index (χ3n) is 4.31. The molecule has 2 aliphatic rings. The van der Waals surface area contributed by atoms with Crippen LogP contribution in [-0.4, -0.2) is 30.3 Å². The number of thioether (sulfide) groups is 1. The van der Waals surface area contributed by atoms with Crippen LogP contribution in [0, 0.1) is 5.92 Å². The second kappa shape index (κ2) is 4.66. The molecule has 0 radical (unpaired) electrons. The normalized spacial score (nSPS) is 25.0. The molecule has 0 saturated heterocycles. The van der Waals surface area contributed by atoms with E-state index in [1.165, 1.54) is 30.0 Å². The minimum atomic E-state index is 0.738. The van der Waals surface area contributed by atoms with E-state index in [9.17, 15) is 0 Å². The second-order valence-corrected chi connectivity index (χ2v) is 6.63. The van der Waals surface area contributed by atoms with Gasteiger partial charge in [-0.3, -0.25) is 0 Å². The molecular weight excluding hydrogens is 226 g/mol. The highest BCUT2D eigenvalue weighted by Crippen LogP contribution is 2.41. The molecule has 0 amide bonds. The Labute approximate surface area is 109 Å². The van der Waals surface area contributed by atoms with Gasteiger partial charge in [0.1, 0.15) is 0 Å². The molecule has 2 unspecified atom stereocenters. The van der Waals surface area contributed by atoms with E-state index in [0.29, 0.717) is 0 Å². The van der Waals surface area contributed by atoms with Gasteiger partial charge >= 0.3 is 0 Å². The standard InChI is InChI=1S/C15H21NS/c1-11(12-7-8-12)16(2)9-13-10-17-15-6-4-3-5-14(13)15/h3-6,11-13H,7-10H2,1-2H3. The third-order valence-corrected chi connectivity index (χ3v) is 5.56. The van der Waals surface area contributed by atoms with Crippen LogP contribution in [0.4, 0.5) is 0 Å². The molecule has 1 aliphatic carbocycles. The first-order chi connectivity index (χ1) is 8.25. The molecule has 2 atom stereocenters. The number of benzene rings is 1. The highest BCUT2D eigenvalue weighted by atomic mass is 32.2. The Balaban J connectivity index is 1.66. The lowest BCUT2D eigenvalue weighted by atomic mass is 10.00. The van der Waals surface area contributed by atoms with Gasteiger partial charge in [0.05, 0.1) is 0 Å². The quantitative estimate of drug-likeness (QED) is 0.799. The van der Waals surface area contributed by atoms with Gasteiger partial charge in [-0.1, -0.05) is 18.2 Å². The summed E-state index contributed by atoms with van der Waals surface area (Å²) in [5.41, 5.74) is 1.58. The van der Waals surface area contributed by atoms with Crippen molar-refractivity contribution in [1.29, 1.82) is 0 Å². The number of fused-ring (bicyclic) bond motifs is 1. The Morgan fingerprint density at radius 2 is 2.12 bits per heavy atom. The Morgan fingerprint density at radius 1 is 1.35 bits per heavy atom. The van der Waals surface area contributed by atoms with Crippen LogP contribution in [0.1, 0.15) is 31.2 Å². The smallest absolute Gasteiger partial charge is 0.0108 e. The first kappa shape index (κ1) is 11.6. The first-order valence-electron chi connectivity index (χ1n) is 6.67. The molecule has 1 fully saturated rings. The number of hydrogen-bond donors (Lipinski definition) is 0. The molecule has 0 N–H and O–H groups in total.